The number of ether oxygens (including phenoxy) is 1. The molecular weight excluding hydrogens is 180 g/mol. The zero-order chi connectivity index (χ0) is 10.6. The van der Waals surface area contributed by atoms with Crippen LogP contribution in [0.3, 0.4) is 0 Å². The van der Waals surface area contributed by atoms with Gasteiger partial charge in [0, 0.05) is 33.1 Å². The van der Waals surface area contributed by atoms with Crippen LogP contribution in [-0.2, 0) is 9.53 Å². The van der Waals surface area contributed by atoms with Gasteiger partial charge in [-0.2, -0.15) is 0 Å². The largest absolute Gasteiger partial charge is 0.373 e. The minimum atomic E-state index is 0.0411. The van der Waals surface area contributed by atoms with E-state index in [9.17, 15) is 4.79 Å². The molecule has 0 bridgehead atoms. The molecule has 82 valence electrons. The van der Waals surface area contributed by atoms with Crippen LogP contribution in [0, 0.1) is 0 Å². The van der Waals surface area contributed by atoms with Crippen molar-refractivity contribution < 1.29 is 9.53 Å². The van der Waals surface area contributed by atoms with E-state index in [2.05, 4.69) is 24.1 Å². The molecule has 2 unspecified atom stereocenters. The second-order valence-electron chi connectivity index (χ2n) is 4.00. The van der Waals surface area contributed by atoms with Crippen molar-refractivity contribution >= 4 is 5.91 Å². The topological polar surface area (TPSA) is 41.6 Å². The van der Waals surface area contributed by atoms with Crippen molar-refractivity contribution in [1.29, 1.82) is 0 Å². The van der Waals surface area contributed by atoms with Crippen LogP contribution in [0.5, 0.6) is 0 Å². The highest BCUT2D eigenvalue weighted by molar-refractivity contribution is 5.72. The minimum Gasteiger partial charge on any atom is -0.373 e. The standard InChI is InChI=1S/C10H20N2O2/c1-8-6-12(7-9(2)14-8)5-4-11-10(3)13/h8-9H,4-7H2,1-3H3,(H,11,13). The van der Waals surface area contributed by atoms with E-state index in [1.807, 2.05) is 0 Å². The van der Waals surface area contributed by atoms with E-state index < -0.39 is 0 Å². The first-order chi connectivity index (χ1) is 6.58. The molecule has 1 fully saturated rings. The molecule has 1 N–H and O–H groups in total. The van der Waals surface area contributed by atoms with E-state index >= 15 is 0 Å². The molecule has 0 radical (unpaired) electrons. The molecular formula is C10H20N2O2. The lowest BCUT2D eigenvalue weighted by Gasteiger charge is -2.35. The number of morpholine rings is 1. The van der Waals surface area contributed by atoms with Gasteiger partial charge in [-0.05, 0) is 13.8 Å². The predicted octanol–water partition coefficient (Wildman–Crippen LogP) is 0.232. The Labute approximate surface area is 85.6 Å². The summed E-state index contributed by atoms with van der Waals surface area (Å²) in [7, 11) is 0. The van der Waals surface area contributed by atoms with Crippen LogP contribution >= 0.6 is 0 Å². The van der Waals surface area contributed by atoms with E-state index in [0.717, 1.165) is 26.2 Å². The lowest BCUT2D eigenvalue weighted by atomic mass is 10.2. The summed E-state index contributed by atoms with van der Waals surface area (Å²) < 4.78 is 5.61. The third kappa shape index (κ3) is 4.07. The van der Waals surface area contributed by atoms with E-state index in [4.69, 9.17) is 4.74 Å². The molecule has 0 aromatic rings. The van der Waals surface area contributed by atoms with Crippen LogP contribution < -0.4 is 5.32 Å². The van der Waals surface area contributed by atoms with Crippen molar-refractivity contribution in [3.63, 3.8) is 0 Å². The lowest BCUT2D eigenvalue weighted by molar-refractivity contribution is -0.119. The van der Waals surface area contributed by atoms with Gasteiger partial charge in [-0.3, -0.25) is 9.69 Å². The number of nitrogens with zero attached hydrogens (tertiary/aromatic N) is 1. The maximum atomic E-state index is 10.7. The Morgan fingerprint density at radius 3 is 2.50 bits per heavy atom. The summed E-state index contributed by atoms with van der Waals surface area (Å²) in [6.45, 7) is 9.28. The second-order valence-corrected chi connectivity index (χ2v) is 4.00. The van der Waals surface area contributed by atoms with Crippen LogP contribution in [0.15, 0.2) is 0 Å². The van der Waals surface area contributed by atoms with E-state index in [1.165, 1.54) is 0 Å². The molecule has 0 aromatic heterocycles. The second kappa shape index (κ2) is 5.32. The van der Waals surface area contributed by atoms with Crippen molar-refractivity contribution in [1.82, 2.24) is 10.2 Å². The summed E-state index contributed by atoms with van der Waals surface area (Å²) in [5.74, 6) is 0.0411. The summed E-state index contributed by atoms with van der Waals surface area (Å²) in [5.41, 5.74) is 0. The number of hydrogen-bond donors (Lipinski definition) is 1. The average molecular weight is 200 g/mol. The highest BCUT2D eigenvalue weighted by Crippen LogP contribution is 2.09. The monoisotopic (exact) mass is 200 g/mol. The highest BCUT2D eigenvalue weighted by atomic mass is 16.5. The van der Waals surface area contributed by atoms with Gasteiger partial charge in [-0.1, -0.05) is 0 Å². The Morgan fingerprint density at radius 2 is 2.00 bits per heavy atom. The molecule has 1 amide bonds. The summed E-state index contributed by atoms with van der Waals surface area (Å²) in [6, 6.07) is 0. The van der Waals surface area contributed by atoms with Crippen molar-refractivity contribution in [2.45, 2.75) is 33.0 Å². The Bertz CT molecular complexity index is 187. The molecule has 14 heavy (non-hydrogen) atoms. The Morgan fingerprint density at radius 1 is 1.43 bits per heavy atom. The van der Waals surface area contributed by atoms with Gasteiger partial charge < -0.3 is 10.1 Å². The van der Waals surface area contributed by atoms with Gasteiger partial charge in [0.15, 0.2) is 0 Å². The van der Waals surface area contributed by atoms with Gasteiger partial charge in [-0.25, -0.2) is 0 Å². The number of nitrogens with one attached hydrogen (secondary N) is 1. The summed E-state index contributed by atoms with van der Waals surface area (Å²) in [5, 5.41) is 2.80. The molecule has 0 spiro atoms. The quantitative estimate of drug-likeness (QED) is 0.709. The van der Waals surface area contributed by atoms with Crippen LogP contribution in [-0.4, -0.2) is 49.2 Å². The van der Waals surface area contributed by atoms with Crippen LogP contribution in [0.4, 0.5) is 0 Å². The fourth-order valence-electron chi connectivity index (χ4n) is 1.86. The van der Waals surface area contributed by atoms with Crippen LogP contribution in [0.2, 0.25) is 0 Å². The molecule has 4 heteroatoms. The molecule has 0 aromatic carbocycles. The molecule has 0 aliphatic carbocycles. The molecule has 1 rings (SSSR count). The first-order valence-corrected chi connectivity index (χ1v) is 5.20. The van der Waals surface area contributed by atoms with Crippen molar-refractivity contribution in [2.24, 2.45) is 0 Å². The van der Waals surface area contributed by atoms with Crippen molar-refractivity contribution in [3.05, 3.63) is 0 Å². The van der Waals surface area contributed by atoms with Gasteiger partial charge in [0.25, 0.3) is 0 Å². The fraction of sp³-hybridized carbons (Fsp3) is 0.900. The molecule has 1 aliphatic rings. The average Bonchev–Trinajstić information content (AvgIpc) is 2.01. The summed E-state index contributed by atoms with van der Waals surface area (Å²) in [4.78, 5) is 13.0. The normalized spacial score (nSPS) is 28.8. The smallest absolute Gasteiger partial charge is 0.216 e. The van der Waals surface area contributed by atoms with Crippen LogP contribution in [0.1, 0.15) is 20.8 Å². The number of carbonyl (C=O) groups excluding carboxylic acids is 1. The van der Waals surface area contributed by atoms with E-state index in [0.29, 0.717) is 12.2 Å². The van der Waals surface area contributed by atoms with Gasteiger partial charge in [-0.15, -0.1) is 0 Å². The third-order valence-electron chi connectivity index (χ3n) is 2.30. The number of amides is 1. The van der Waals surface area contributed by atoms with Gasteiger partial charge in [0.1, 0.15) is 0 Å². The summed E-state index contributed by atoms with van der Waals surface area (Å²) in [6.07, 6.45) is 0.604. The Kier molecular flexibility index (Phi) is 4.35. The summed E-state index contributed by atoms with van der Waals surface area (Å²) >= 11 is 0. The predicted molar refractivity (Wildman–Crippen MR) is 55.1 cm³/mol. The number of rotatable bonds is 3. The molecule has 1 saturated heterocycles. The van der Waals surface area contributed by atoms with Crippen molar-refractivity contribution in [2.75, 3.05) is 26.2 Å². The number of carbonyl (C=O) groups is 1. The first-order valence-electron chi connectivity index (χ1n) is 5.20. The van der Waals surface area contributed by atoms with Crippen molar-refractivity contribution in [3.8, 4) is 0 Å². The van der Waals surface area contributed by atoms with Gasteiger partial charge >= 0.3 is 0 Å². The highest BCUT2D eigenvalue weighted by Gasteiger charge is 2.21. The van der Waals surface area contributed by atoms with Crippen LogP contribution in [0.25, 0.3) is 0 Å². The number of hydrogen-bond acceptors (Lipinski definition) is 3. The molecule has 4 nitrogen and oxygen atoms in total. The van der Waals surface area contributed by atoms with E-state index in [-0.39, 0.29) is 5.91 Å². The molecule has 2 atom stereocenters. The fourth-order valence-corrected chi connectivity index (χ4v) is 1.86. The van der Waals surface area contributed by atoms with Gasteiger partial charge in [0.05, 0.1) is 12.2 Å². The molecule has 1 aliphatic heterocycles. The molecule has 0 saturated carbocycles. The first kappa shape index (κ1) is 11.5. The Balaban J connectivity index is 2.20. The van der Waals surface area contributed by atoms with E-state index in [1.54, 1.807) is 6.92 Å². The maximum absolute atomic E-state index is 10.7. The lowest BCUT2D eigenvalue weighted by Crippen LogP contribution is -2.47. The SMILES string of the molecule is CC(=O)NCCN1CC(C)OC(C)C1. The zero-order valence-electron chi connectivity index (χ0n) is 9.25. The zero-order valence-corrected chi connectivity index (χ0v) is 9.25. The molecule has 1 heterocycles. The maximum Gasteiger partial charge on any atom is 0.216 e. The van der Waals surface area contributed by atoms with Gasteiger partial charge in [0.2, 0.25) is 5.91 Å². The Hall–Kier alpha value is -0.610. The third-order valence-corrected chi connectivity index (χ3v) is 2.30. The minimum absolute atomic E-state index is 0.0411.